The van der Waals surface area contributed by atoms with E-state index in [1.807, 2.05) is 0 Å². The molecule has 8 heteroatoms. The van der Waals surface area contributed by atoms with Crippen LogP contribution in [0.1, 0.15) is 41.0 Å². The summed E-state index contributed by atoms with van der Waals surface area (Å²) < 4.78 is 10.1. The van der Waals surface area contributed by atoms with Crippen LogP contribution in [0.3, 0.4) is 0 Å². The van der Waals surface area contributed by atoms with Gasteiger partial charge in [-0.1, -0.05) is 0 Å². The fourth-order valence-corrected chi connectivity index (χ4v) is 2.38. The number of carbonyl (C=O) groups excluding carboxylic acids is 3. The Morgan fingerprint density at radius 1 is 1.29 bits per heavy atom. The van der Waals surface area contributed by atoms with Gasteiger partial charge in [0.1, 0.15) is 5.60 Å². The number of aliphatic hydroxyl groups excluding tert-OH is 1. The van der Waals surface area contributed by atoms with Gasteiger partial charge in [0, 0.05) is 18.9 Å². The lowest BCUT2D eigenvalue weighted by molar-refractivity contribution is -0.139. The van der Waals surface area contributed by atoms with Gasteiger partial charge < -0.3 is 25.2 Å². The minimum atomic E-state index is -1.14. The quantitative estimate of drug-likeness (QED) is 0.646. The molecule has 0 radical (unpaired) electrons. The molecule has 0 aromatic rings. The summed E-state index contributed by atoms with van der Waals surface area (Å²) in [6.07, 6.45) is -0.381. The molecule has 3 atom stereocenters. The number of ether oxygens (including phenoxy) is 2. The van der Waals surface area contributed by atoms with Crippen molar-refractivity contribution in [1.82, 2.24) is 10.6 Å². The second-order valence-corrected chi connectivity index (χ2v) is 6.59. The van der Waals surface area contributed by atoms with Crippen LogP contribution in [0.4, 0.5) is 4.79 Å². The van der Waals surface area contributed by atoms with E-state index in [2.05, 4.69) is 10.6 Å². The largest absolute Gasteiger partial charge is 0.463 e. The van der Waals surface area contributed by atoms with E-state index in [9.17, 15) is 19.5 Å². The molecule has 3 unspecified atom stereocenters. The number of aliphatic hydroxyl groups is 1. The van der Waals surface area contributed by atoms with Gasteiger partial charge in [-0.05, 0) is 33.8 Å². The molecule has 1 aliphatic rings. The van der Waals surface area contributed by atoms with E-state index in [0.717, 1.165) is 0 Å². The average Bonchev–Trinajstić information content (AvgIpc) is 2.40. The zero-order chi connectivity index (χ0) is 18.5. The van der Waals surface area contributed by atoms with Gasteiger partial charge >= 0.3 is 12.1 Å². The minimum Gasteiger partial charge on any atom is -0.463 e. The van der Waals surface area contributed by atoms with E-state index < -0.39 is 35.9 Å². The first kappa shape index (κ1) is 20.0. The van der Waals surface area contributed by atoms with E-state index in [1.54, 1.807) is 27.7 Å². The highest BCUT2D eigenvalue weighted by Gasteiger charge is 2.37. The first-order chi connectivity index (χ1) is 11.0. The Hall–Kier alpha value is -2.09. The number of rotatable bonds is 4. The highest BCUT2D eigenvalue weighted by molar-refractivity contribution is 5.89. The highest BCUT2D eigenvalue weighted by atomic mass is 16.6. The molecule has 0 aromatic carbocycles. The van der Waals surface area contributed by atoms with Crippen LogP contribution < -0.4 is 10.6 Å². The number of carbonyl (C=O) groups is 3. The molecule has 0 saturated heterocycles. The first-order valence-corrected chi connectivity index (χ1v) is 7.86. The summed E-state index contributed by atoms with van der Waals surface area (Å²) in [5, 5.41) is 15.4. The Balaban J connectivity index is 2.94. The lowest BCUT2D eigenvalue weighted by Crippen LogP contribution is -2.59. The summed E-state index contributed by atoms with van der Waals surface area (Å²) in [6, 6.07) is -1.48. The van der Waals surface area contributed by atoms with Crippen molar-refractivity contribution >= 4 is 18.0 Å². The molecule has 0 saturated carbocycles. The third kappa shape index (κ3) is 6.19. The minimum absolute atomic E-state index is 0.111. The third-order valence-corrected chi connectivity index (χ3v) is 3.22. The van der Waals surface area contributed by atoms with Crippen molar-refractivity contribution in [3.05, 3.63) is 11.6 Å². The van der Waals surface area contributed by atoms with Crippen LogP contribution in [-0.4, -0.2) is 53.5 Å². The number of hydrogen-bond donors (Lipinski definition) is 3. The first-order valence-electron chi connectivity index (χ1n) is 7.86. The lowest BCUT2D eigenvalue weighted by Gasteiger charge is -2.35. The molecule has 0 fully saturated rings. The van der Waals surface area contributed by atoms with Gasteiger partial charge in [0.15, 0.2) is 0 Å². The fourth-order valence-electron chi connectivity index (χ4n) is 2.38. The van der Waals surface area contributed by atoms with Crippen LogP contribution in [0.25, 0.3) is 0 Å². The van der Waals surface area contributed by atoms with E-state index in [4.69, 9.17) is 9.47 Å². The standard InChI is InChI=1S/C16H26N2O6/c1-6-23-14(21)10-7-11(18-15(22)24-16(3,4)5)13(12(20)8-10)17-9(2)19/h8,11-13,20H,6-7H2,1-5H3,(H,17,19)(H,18,22). The molecule has 8 nitrogen and oxygen atoms in total. The SMILES string of the molecule is CCOC(=O)C1=CC(O)C(NC(C)=O)C(NC(=O)OC(C)(C)C)C1. The van der Waals surface area contributed by atoms with E-state index in [0.29, 0.717) is 0 Å². The molecular formula is C16H26N2O6. The molecular weight excluding hydrogens is 316 g/mol. The molecule has 0 heterocycles. The van der Waals surface area contributed by atoms with E-state index >= 15 is 0 Å². The Morgan fingerprint density at radius 2 is 1.92 bits per heavy atom. The summed E-state index contributed by atoms with van der Waals surface area (Å²) in [4.78, 5) is 35.3. The maximum Gasteiger partial charge on any atom is 0.407 e. The molecule has 0 spiro atoms. The van der Waals surface area contributed by atoms with Crippen LogP contribution in [-0.2, 0) is 19.1 Å². The zero-order valence-electron chi connectivity index (χ0n) is 14.7. The van der Waals surface area contributed by atoms with Gasteiger partial charge in [-0.15, -0.1) is 0 Å². The second kappa shape index (κ2) is 8.14. The van der Waals surface area contributed by atoms with Crippen molar-refractivity contribution < 1.29 is 29.0 Å². The van der Waals surface area contributed by atoms with Gasteiger partial charge in [0.25, 0.3) is 0 Å². The van der Waals surface area contributed by atoms with Crippen molar-refractivity contribution in [1.29, 1.82) is 0 Å². The summed E-state index contributed by atoms with van der Waals surface area (Å²) >= 11 is 0. The Kier molecular flexibility index (Phi) is 6.77. The lowest BCUT2D eigenvalue weighted by atomic mass is 9.88. The van der Waals surface area contributed by atoms with Crippen LogP contribution >= 0.6 is 0 Å². The molecule has 0 aromatic heterocycles. The number of nitrogens with one attached hydrogen (secondary N) is 2. The van der Waals surface area contributed by atoms with E-state index in [-0.39, 0.29) is 24.5 Å². The molecule has 136 valence electrons. The van der Waals surface area contributed by atoms with Gasteiger partial charge in [-0.25, -0.2) is 9.59 Å². The van der Waals surface area contributed by atoms with Crippen molar-refractivity contribution in [2.45, 2.75) is 64.8 Å². The Labute approximate surface area is 141 Å². The third-order valence-electron chi connectivity index (χ3n) is 3.22. The summed E-state index contributed by atoms with van der Waals surface area (Å²) in [5.74, 6) is -0.920. The van der Waals surface area contributed by atoms with Crippen LogP contribution in [0.2, 0.25) is 0 Å². The monoisotopic (exact) mass is 342 g/mol. The van der Waals surface area contributed by atoms with Crippen molar-refractivity contribution in [2.24, 2.45) is 0 Å². The van der Waals surface area contributed by atoms with E-state index in [1.165, 1.54) is 13.0 Å². The topological polar surface area (TPSA) is 114 Å². The number of amides is 2. The fraction of sp³-hybridized carbons (Fsp3) is 0.688. The Morgan fingerprint density at radius 3 is 2.42 bits per heavy atom. The maximum absolute atomic E-state index is 12.0. The molecule has 0 aliphatic heterocycles. The van der Waals surface area contributed by atoms with Crippen molar-refractivity contribution in [3.63, 3.8) is 0 Å². The van der Waals surface area contributed by atoms with Crippen LogP contribution in [0.5, 0.6) is 0 Å². The molecule has 3 N–H and O–H groups in total. The molecule has 24 heavy (non-hydrogen) atoms. The van der Waals surface area contributed by atoms with Gasteiger partial charge in [-0.3, -0.25) is 4.79 Å². The number of esters is 1. The van der Waals surface area contributed by atoms with Gasteiger partial charge in [-0.2, -0.15) is 0 Å². The molecule has 1 aliphatic carbocycles. The van der Waals surface area contributed by atoms with Crippen molar-refractivity contribution in [3.8, 4) is 0 Å². The number of hydrogen-bond acceptors (Lipinski definition) is 6. The smallest absolute Gasteiger partial charge is 0.407 e. The summed E-state index contributed by atoms with van der Waals surface area (Å²) in [6.45, 7) is 8.34. The predicted octanol–water partition coefficient (Wildman–Crippen LogP) is 0.638. The predicted molar refractivity (Wildman–Crippen MR) is 86.1 cm³/mol. The Bertz CT molecular complexity index is 523. The van der Waals surface area contributed by atoms with Crippen LogP contribution in [0, 0.1) is 0 Å². The second-order valence-electron chi connectivity index (χ2n) is 6.59. The molecule has 2 amide bonds. The maximum atomic E-state index is 12.0. The summed E-state index contributed by atoms with van der Waals surface area (Å²) in [5.41, 5.74) is -0.451. The van der Waals surface area contributed by atoms with Gasteiger partial charge in [0.05, 0.1) is 24.8 Å². The molecule has 0 bridgehead atoms. The van der Waals surface area contributed by atoms with Gasteiger partial charge in [0.2, 0.25) is 5.91 Å². The van der Waals surface area contributed by atoms with Crippen LogP contribution in [0.15, 0.2) is 11.6 Å². The number of alkyl carbamates (subject to hydrolysis) is 1. The average molecular weight is 342 g/mol. The van der Waals surface area contributed by atoms with Crippen molar-refractivity contribution in [2.75, 3.05) is 6.61 Å². The highest BCUT2D eigenvalue weighted by Crippen LogP contribution is 2.21. The molecule has 1 rings (SSSR count). The zero-order valence-corrected chi connectivity index (χ0v) is 14.7. The summed E-state index contributed by atoms with van der Waals surface area (Å²) in [7, 11) is 0. The normalized spacial score (nSPS) is 23.8.